The molecule has 5 nitrogen and oxygen atoms in total. The molecule has 0 saturated heterocycles. The summed E-state index contributed by atoms with van der Waals surface area (Å²) in [5.41, 5.74) is 4.70. The van der Waals surface area contributed by atoms with Gasteiger partial charge in [-0.05, 0) is 19.4 Å². The van der Waals surface area contributed by atoms with Gasteiger partial charge in [0.15, 0.2) is 0 Å². The van der Waals surface area contributed by atoms with Crippen LogP contribution >= 0.6 is 0 Å². The molecule has 19 heavy (non-hydrogen) atoms. The van der Waals surface area contributed by atoms with Gasteiger partial charge in [-0.1, -0.05) is 6.07 Å². The Morgan fingerprint density at radius 1 is 1.26 bits per heavy atom. The van der Waals surface area contributed by atoms with Crippen LogP contribution < -0.4 is 10.1 Å². The minimum Gasteiger partial charge on any atom is -0.481 e. The number of ether oxygens (including phenoxy) is 1. The number of nitrogens with zero attached hydrogens (tertiary/aromatic N) is 3. The summed E-state index contributed by atoms with van der Waals surface area (Å²) in [4.78, 5) is 4.18. The van der Waals surface area contributed by atoms with Crippen molar-refractivity contribution in [1.82, 2.24) is 20.1 Å². The summed E-state index contributed by atoms with van der Waals surface area (Å²) in [7, 11) is 3.59. The summed E-state index contributed by atoms with van der Waals surface area (Å²) in [6, 6.07) is 3.89. The minimum atomic E-state index is 0.641. The Hall–Kier alpha value is -1.88. The van der Waals surface area contributed by atoms with Gasteiger partial charge in [0.1, 0.15) is 0 Å². The molecule has 2 aromatic heterocycles. The molecule has 0 amide bonds. The van der Waals surface area contributed by atoms with Crippen LogP contribution in [0.3, 0.4) is 0 Å². The molecule has 0 saturated carbocycles. The van der Waals surface area contributed by atoms with E-state index in [9.17, 15) is 0 Å². The average molecular weight is 260 g/mol. The Kier molecular flexibility index (Phi) is 4.16. The maximum absolute atomic E-state index is 5.03. The third kappa shape index (κ3) is 3.12. The smallest absolute Gasteiger partial charge is 0.212 e. The van der Waals surface area contributed by atoms with Crippen LogP contribution in [-0.2, 0) is 20.1 Å². The fourth-order valence-corrected chi connectivity index (χ4v) is 2.04. The van der Waals surface area contributed by atoms with E-state index >= 15 is 0 Å². The second kappa shape index (κ2) is 5.84. The molecule has 2 rings (SSSR count). The first kappa shape index (κ1) is 13.5. The summed E-state index contributed by atoms with van der Waals surface area (Å²) in [5.74, 6) is 0.641. The molecule has 2 heterocycles. The second-order valence-electron chi connectivity index (χ2n) is 4.59. The van der Waals surface area contributed by atoms with Crippen molar-refractivity contribution >= 4 is 0 Å². The third-order valence-electron chi connectivity index (χ3n) is 3.30. The molecule has 0 fully saturated rings. The Labute approximate surface area is 113 Å². The highest BCUT2D eigenvalue weighted by atomic mass is 16.5. The Morgan fingerprint density at radius 3 is 2.58 bits per heavy atom. The zero-order valence-corrected chi connectivity index (χ0v) is 11.9. The molecule has 2 aromatic rings. The van der Waals surface area contributed by atoms with Gasteiger partial charge < -0.3 is 10.1 Å². The molecule has 0 aliphatic rings. The number of methoxy groups -OCH3 is 1. The zero-order valence-electron chi connectivity index (χ0n) is 11.9. The van der Waals surface area contributed by atoms with Crippen molar-refractivity contribution in [1.29, 1.82) is 0 Å². The fraction of sp³-hybridized carbons (Fsp3) is 0.429. The standard InChI is InChI=1S/C14H20N4O/c1-10-13(11(2)18(3)17-10)9-15-7-12-5-6-14(19-4)16-8-12/h5-6,8,15H,7,9H2,1-4H3. The van der Waals surface area contributed by atoms with Crippen LogP contribution in [0, 0.1) is 13.8 Å². The molecular formula is C14H20N4O. The molecule has 0 spiro atoms. The summed E-state index contributed by atoms with van der Waals surface area (Å²) in [6.45, 7) is 5.73. The van der Waals surface area contributed by atoms with Gasteiger partial charge in [-0.25, -0.2) is 4.98 Å². The normalized spacial score (nSPS) is 10.7. The predicted molar refractivity (Wildman–Crippen MR) is 74.0 cm³/mol. The highest BCUT2D eigenvalue weighted by Gasteiger charge is 2.08. The lowest BCUT2D eigenvalue weighted by Crippen LogP contribution is -2.14. The van der Waals surface area contributed by atoms with E-state index in [-0.39, 0.29) is 0 Å². The molecule has 102 valence electrons. The van der Waals surface area contributed by atoms with Gasteiger partial charge in [0.25, 0.3) is 0 Å². The Balaban J connectivity index is 1.92. The molecule has 1 N–H and O–H groups in total. The number of aromatic nitrogens is 3. The maximum Gasteiger partial charge on any atom is 0.212 e. The van der Waals surface area contributed by atoms with Crippen LogP contribution in [0.4, 0.5) is 0 Å². The molecule has 0 radical (unpaired) electrons. The van der Waals surface area contributed by atoms with Crippen LogP contribution in [-0.4, -0.2) is 21.9 Å². The van der Waals surface area contributed by atoms with Crippen LogP contribution in [0.25, 0.3) is 0 Å². The van der Waals surface area contributed by atoms with Crippen molar-refractivity contribution in [3.63, 3.8) is 0 Å². The van der Waals surface area contributed by atoms with E-state index < -0.39 is 0 Å². The molecule has 0 bridgehead atoms. The van der Waals surface area contributed by atoms with Crippen LogP contribution in [0.2, 0.25) is 0 Å². The van der Waals surface area contributed by atoms with Gasteiger partial charge >= 0.3 is 0 Å². The third-order valence-corrected chi connectivity index (χ3v) is 3.30. The summed E-state index contributed by atoms with van der Waals surface area (Å²) >= 11 is 0. The molecule has 5 heteroatoms. The Morgan fingerprint density at radius 2 is 2.05 bits per heavy atom. The Bertz CT molecular complexity index is 545. The van der Waals surface area contributed by atoms with Crippen molar-refractivity contribution in [3.8, 4) is 5.88 Å². The lowest BCUT2D eigenvalue weighted by atomic mass is 10.2. The van der Waals surface area contributed by atoms with E-state index in [1.54, 1.807) is 7.11 Å². The monoisotopic (exact) mass is 260 g/mol. The largest absolute Gasteiger partial charge is 0.481 e. The molecule has 0 atom stereocenters. The topological polar surface area (TPSA) is 52.0 Å². The number of aryl methyl sites for hydroxylation is 2. The van der Waals surface area contributed by atoms with E-state index in [0.717, 1.165) is 24.3 Å². The highest BCUT2D eigenvalue weighted by molar-refractivity contribution is 5.24. The van der Waals surface area contributed by atoms with Crippen molar-refractivity contribution in [2.45, 2.75) is 26.9 Å². The number of pyridine rings is 1. The van der Waals surface area contributed by atoms with Crippen molar-refractivity contribution < 1.29 is 4.74 Å². The van der Waals surface area contributed by atoms with Crippen LogP contribution in [0.1, 0.15) is 22.5 Å². The zero-order chi connectivity index (χ0) is 13.8. The SMILES string of the molecule is COc1ccc(CNCc2c(C)nn(C)c2C)cn1. The van der Waals surface area contributed by atoms with E-state index in [1.807, 2.05) is 37.0 Å². The lowest BCUT2D eigenvalue weighted by molar-refractivity contribution is 0.397. The molecule has 0 aliphatic heterocycles. The number of rotatable bonds is 5. The fourth-order valence-electron chi connectivity index (χ4n) is 2.04. The van der Waals surface area contributed by atoms with Crippen molar-refractivity contribution in [2.75, 3.05) is 7.11 Å². The highest BCUT2D eigenvalue weighted by Crippen LogP contribution is 2.12. The first-order valence-corrected chi connectivity index (χ1v) is 6.30. The van der Waals surface area contributed by atoms with Crippen LogP contribution in [0.15, 0.2) is 18.3 Å². The number of nitrogens with one attached hydrogen (secondary N) is 1. The molecule has 0 aliphatic carbocycles. The van der Waals surface area contributed by atoms with Gasteiger partial charge in [-0.3, -0.25) is 4.68 Å². The minimum absolute atomic E-state index is 0.641. The summed E-state index contributed by atoms with van der Waals surface area (Å²) in [6.07, 6.45) is 1.83. The molecule has 0 unspecified atom stereocenters. The van der Waals surface area contributed by atoms with Gasteiger partial charge in [-0.15, -0.1) is 0 Å². The first-order valence-electron chi connectivity index (χ1n) is 6.30. The number of hydrogen-bond acceptors (Lipinski definition) is 4. The molecular weight excluding hydrogens is 240 g/mol. The van der Waals surface area contributed by atoms with Crippen LogP contribution in [0.5, 0.6) is 5.88 Å². The van der Waals surface area contributed by atoms with E-state index in [1.165, 1.54) is 11.3 Å². The number of hydrogen-bond donors (Lipinski definition) is 1. The second-order valence-corrected chi connectivity index (χ2v) is 4.59. The van der Waals surface area contributed by atoms with Gasteiger partial charge in [0.2, 0.25) is 5.88 Å². The van der Waals surface area contributed by atoms with Crippen molar-refractivity contribution in [2.24, 2.45) is 7.05 Å². The van der Waals surface area contributed by atoms with Gasteiger partial charge in [0, 0.05) is 43.7 Å². The maximum atomic E-state index is 5.03. The predicted octanol–water partition coefficient (Wildman–Crippen LogP) is 1.73. The first-order chi connectivity index (χ1) is 9.11. The summed E-state index contributed by atoms with van der Waals surface area (Å²) in [5, 5.41) is 7.82. The average Bonchev–Trinajstić information content (AvgIpc) is 2.66. The summed E-state index contributed by atoms with van der Waals surface area (Å²) < 4.78 is 6.95. The lowest BCUT2D eigenvalue weighted by Gasteiger charge is -2.06. The van der Waals surface area contributed by atoms with Gasteiger partial charge in [0.05, 0.1) is 12.8 Å². The van der Waals surface area contributed by atoms with Gasteiger partial charge in [-0.2, -0.15) is 5.10 Å². The van der Waals surface area contributed by atoms with E-state index in [2.05, 4.69) is 22.3 Å². The molecule has 0 aromatic carbocycles. The van der Waals surface area contributed by atoms with E-state index in [0.29, 0.717) is 5.88 Å². The van der Waals surface area contributed by atoms with E-state index in [4.69, 9.17) is 4.74 Å². The van der Waals surface area contributed by atoms with Crippen molar-refractivity contribution in [3.05, 3.63) is 40.8 Å². The quantitative estimate of drug-likeness (QED) is 0.889.